The standard InChI is InChI=1S/C5H6INO2/c1-7-4(8)2-3(6)5(7)9/h3H,2H2,1H3/t3-/m0/s1. The predicted octanol–water partition coefficient (Wildman–Crippen LogP) is 0.179. The summed E-state index contributed by atoms with van der Waals surface area (Å²) in [6, 6.07) is 0. The summed E-state index contributed by atoms with van der Waals surface area (Å²) in [6.45, 7) is 0. The highest BCUT2D eigenvalue weighted by atomic mass is 127. The van der Waals surface area contributed by atoms with E-state index in [4.69, 9.17) is 0 Å². The Labute approximate surface area is 66.5 Å². The fourth-order valence-corrected chi connectivity index (χ4v) is 1.51. The topological polar surface area (TPSA) is 37.4 Å². The van der Waals surface area contributed by atoms with Crippen molar-refractivity contribution in [3.8, 4) is 0 Å². The number of amides is 2. The molecule has 0 spiro atoms. The maximum absolute atomic E-state index is 10.8. The summed E-state index contributed by atoms with van der Waals surface area (Å²) < 4.78 is -0.125. The van der Waals surface area contributed by atoms with E-state index >= 15 is 0 Å². The first kappa shape index (κ1) is 6.98. The Hall–Kier alpha value is -0.130. The maximum Gasteiger partial charge on any atom is 0.242 e. The molecule has 0 saturated carbocycles. The van der Waals surface area contributed by atoms with Gasteiger partial charge in [0, 0.05) is 13.5 Å². The summed E-state index contributed by atoms with van der Waals surface area (Å²) in [4.78, 5) is 22.7. The number of imide groups is 1. The van der Waals surface area contributed by atoms with E-state index in [9.17, 15) is 9.59 Å². The van der Waals surface area contributed by atoms with Crippen molar-refractivity contribution in [3.05, 3.63) is 0 Å². The minimum Gasteiger partial charge on any atom is -0.285 e. The maximum atomic E-state index is 10.8. The number of likely N-dealkylation sites (tertiary alicyclic amines) is 1. The van der Waals surface area contributed by atoms with Crippen molar-refractivity contribution in [1.29, 1.82) is 0 Å². The van der Waals surface area contributed by atoms with E-state index in [2.05, 4.69) is 0 Å². The molecule has 1 aliphatic rings. The lowest BCUT2D eigenvalue weighted by atomic mass is 10.4. The Kier molecular flexibility index (Phi) is 1.74. The first-order valence-electron chi connectivity index (χ1n) is 2.57. The van der Waals surface area contributed by atoms with Gasteiger partial charge in [-0.15, -0.1) is 0 Å². The van der Waals surface area contributed by atoms with Crippen molar-refractivity contribution >= 4 is 34.4 Å². The van der Waals surface area contributed by atoms with Gasteiger partial charge in [-0.25, -0.2) is 0 Å². The van der Waals surface area contributed by atoms with Gasteiger partial charge >= 0.3 is 0 Å². The zero-order valence-corrected chi connectivity index (χ0v) is 7.08. The first-order valence-corrected chi connectivity index (χ1v) is 3.82. The minimum absolute atomic E-state index is 0.0689. The number of hydrogen-bond acceptors (Lipinski definition) is 2. The summed E-state index contributed by atoms with van der Waals surface area (Å²) in [6.07, 6.45) is 0.371. The van der Waals surface area contributed by atoms with Crippen LogP contribution in [0.3, 0.4) is 0 Å². The zero-order valence-electron chi connectivity index (χ0n) is 4.93. The molecule has 0 bridgehead atoms. The number of carbonyl (C=O) groups excluding carboxylic acids is 2. The van der Waals surface area contributed by atoms with Gasteiger partial charge in [0.1, 0.15) is 0 Å². The van der Waals surface area contributed by atoms with E-state index in [1.165, 1.54) is 11.9 Å². The number of halogens is 1. The highest BCUT2D eigenvalue weighted by Gasteiger charge is 2.33. The average molecular weight is 239 g/mol. The fourth-order valence-electron chi connectivity index (χ4n) is 0.711. The minimum atomic E-state index is -0.125. The second-order valence-electron chi connectivity index (χ2n) is 1.96. The van der Waals surface area contributed by atoms with Gasteiger partial charge < -0.3 is 0 Å². The lowest BCUT2D eigenvalue weighted by Gasteiger charge is -2.02. The molecule has 9 heavy (non-hydrogen) atoms. The van der Waals surface area contributed by atoms with Crippen molar-refractivity contribution < 1.29 is 9.59 Å². The van der Waals surface area contributed by atoms with Gasteiger partial charge in [0.2, 0.25) is 11.8 Å². The third-order valence-corrected chi connectivity index (χ3v) is 2.30. The normalized spacial score (nSPS) is 27.8. The van der Waals surface area contributed by atoms with E-state index in [1.54, 1.807) is 0 Å². The third kappa shape index (κ3) is 1.08. The van der Waals surface area contributed by atoms with Crippen molar-refractivity contribution in [3.63, 3.8) is 0 Å². The molecule has 1 atom stereocenters. The molecule has 0 aromatic carbocycles. The van der Waals surface area contributed by atoms with Crippen LogP contribution in [0.5, 0.6) is 0 Å². The smallest absolute Gasteiger partial charge is 0.242 e. The lowest BCUT2D eigenvalue weighted by Crippen LogP contribution is -2.25. The molecule has 0 aromatic heterocycles. The van der Waals surface area contributed by atoms with Crippen LogP contribution in [0.1, 0.15) is 6.42 Å². The summed E-state index contributed by atoms with van der Waals surface area (Å²) >= 11 is 1.98. The largest absolute Gasteiger partial charge is 0.285 e. The highest BCUT2D eigenvalue weighted by Crippen LogP contribution is 2.17. The van der Waals surface area contributed by atoms with Gasteiger partial charge in [-0.2, -0.15) is 0 Å². The zero-order chi connectivity index (χ0) is 7.02. The number of hydrogen-bond donors (Lipinski definition) is 0. The van der Waals surface area contributed by atoms with Crippen LogP contribution >= 0.6 is 22.6 Å². The van der Waals surface area contributed by atoms with Crippen LogP contribution in [0, 0.1) is 0 Å². The Bertz CT molecular complexity index is 168. The van der Waals surface area contributed by atoms with Crippen LogP contribution in [0.4, 0.5) is 0 Å². The SMILES string of the molecule is CN1C(=O)C[C@H](I)C1=O. The summed E-state index contributed by atoms with van der Waals surface area (Å²) in [5, 5.41) is 0. The number of carbonyl (C=O) groups is 2. The second-order valence-corrected chi connectivity index (χ2v) is 3.47. The van der Waals surface area contributed by atoms with Crippen molar-refractivity contribution in [2.75, 3.05) is 7.05 Å². The van der Waals surface area contributed by atoms with Gasteiger partial charge in [-0.05, 0) is 0 Å². The molecule has 0 aliphatic carbocycles. The van der Waals surface area contributed by atoms with Crippen LogP contribution in [0.25, 0.3) is 0 Å². The predicted molar refractivity (Wildman–Crippen MR) is 40.2 cm³/mol. The summed E-state index contributed by atoms with van der Waals surface area (Å²) in [7, 11) is 1.52. The van der Waals surface area contributed by atoms with Crippen LogP contribution in [-0.2, 0) is 9.59 Å². The Morgan fingerprint density at radius 3 is 2.33 bits per heavy atom. The first-order chi connectivity index (χ1) is 4.13. The van der Waals surface area contributed by atoms with E-state index in [0.29, 0.717) is 6.42 Å². The van der Waals surface area contributed by atoms with Crippen LogP contribution in [-0.4, -0.2) is 27.7 Å². The van der Waals surface area contributed by atoms with Gasteiger partial charge in [0.05, 0.1) is 3.92 Å². The Morgan fingerprint density at radius 2 is 2.22 bits per heavy atom. The van der Waals surface area contributed by atoms with E-state index in [-0.39, 0.29) is 15.7 Å². The van der Waals surface area contributed by atoms with Gasteiger partial charge in [0.15, 0.2) is 0 Å². The number of rotatable bonds is 0. The molecule has 3 nitrogen and oxygen atoms in total. The Morgan fingerprint density at radius 1 is 1.67 bits per heavy atom. The molecule has 1 heterocycles. The van der Waals surface area contributed by atoms with Gasteiger partial charge in [0.25, 0.3) is 0 Å². The molecule has 2 amide bonds. The molecule has 1 fully saturated rings. The van der Waals surface area contributed by atoms with E-state index < -0.39 is 0 Å². The second kappa shape index (κ2) is 2.24. The van der Waals surface area contributed by atoms with E-state index in [1.807, 2.05) is 22.6 Å². The summed E-state index contributed by atoms with van der Waals surface area (Å²) in [5.41, 5.74) is 0. The van der Waals surface area contributed by atoms with Crippen LogP contribution < -0.4 is 0 Å². The van der Waals surface area contributed by atoms with Gasteiger partial charge in [-0.1, -0.05) is 22.6 Å². The fraction of sp³-hybridized carbons (Fsp3) is 0.600. The summed E-state index contributed by atoms with van der Waals surface area (Å²) in [5.74, 6) is -0.139. The average Bonchev–Trinajstić information content (AvgIpc) is 1.98. The third-order valence-electron chi connectivity index (χ3n) is 1.33. The van der Waals surface area contributed by atoms with Crippen LogP contribution in [0.15, 0.2) is 0 Å². The lowest BCUT2D eigenvalue weighted by molar-refractivity contribution is -0.136. The molecule has 0 unspecified atom stereocenters. The van der Waals surface area contributed by atoms with Crippen molar-refractivity contribution in [1.82, 2.24) is 4.90 Å². The molecule has 50 valence electrons. The number of nitrogens with zero attached hydrogens (tertiary/aromatic N) is 1. The van der Waals surface area contributed by atoms with Gasteiger partial charge in [-0.3, -0.25) is 14.5 Å². The molecular formula is C5H6INO2. The molecular weight excluding hydrogens is 233 g/mol. The number of alkyl halides is 1. The molecule has 0 radical (unpaired) electrons. The molecule has 0 N–H and O–H groups in total. The molecule has 4 heteroatoms. The highest BCUT2D eigenvalue weighted by molar-refractivity contribution is 14.1. The van der Waals surface area contributed by atoms with Crippen molar-refractivity contribution in [2.24, 2.45) is 0 Å². The monoisotopic (exact) mass is 239 g/mol. The van der Waals surface area contributed by atoms with E-state index in [0.717, 1.165) is 0 Å². The molecule has 1 saturated heterocycles. The van der Waals surface area contributed by atoms with Crippen LogP contribution in [0.2, 0.25) is 0 Å². The Balaban J connectivity index is 2.77. The molecule has 1 aliphatic heterocycles. The quantitative estimate of drug-likeness (QED) is 0.343. The van der Waals surface area contributed by atoms with Crippen molar-refractivity contribution in [2.45, 2.75) is 10.3 Å². The molecule has 1 rings (SSSR count). The molecule has 0 aromatic rings.